The summed E-state index contributed by atoms with van der Waals surface area (Å²) in [4.78, 5) is 26.2. The van der Waals surface area contributed by atoms with Crippen LogP contribution in [0.4, 0.5) is 5.69 Å². The van der Waals surface area contributed by atoms with Crippen LogP contribution in [0.25, 0.3) is 17.5 Å². The summed E-state index contributed by atoms with van der Waals surface area (Å²) in [7, 11) is 1.61. The molecule has 0 spiro atoms. The molecule has 0 aliphatic carbocycles. The zero-order valence-corrected chi connectivity index (χ0v) is 26.4. The van der Waals surface area contributed by atoms with Gasteiger partial charge in [-0.05, 0) is 60.2 Å². The van der Waals surface area contributed by atoms with Crippen molar-refractivity contribution in [3.05, 3.63) is 132 Å². The van der Waals surface area contributed by atoms with Crippen LogP contribution in [0.5, 0.6) is 11.5 Å². The molecular weight excluding hydrogens is 608 g/mol. The van der Waals surface area contributed by atoms with E-state index in [-0.39, 0.29) is 19.1 Å². The van der Waals surface area contributed by atoms with E-state index in [1.165, 1.54) is 0 Å². The van der Waals surface area contributed by atoms with Gasteiger partial charge in [0.15, 0.2) is 17.5 Å². The monoisotopic (exact) mass is 642 g/mol. The van der Waals surface area contributed by atoms with E-state index in [0.29, 0.717) is 48.5 Å². The molecule has 5 aromatic rings. The maximum Gasteiger partial charge on any atom is 0.260 e. The molecule has 0 saturated heterocycles. The maximum atomic E-state index is 14.8. The third-order valence-corrected chi connectivity index (χ3v) is 8.41. The Morgan fingerprint density at radius 3 is 2.42 bits per heavy atom. The molecule has 0 unspecified atom stereocenters. The van der Waals surface area contributed by atoms with E-state index in [2.05, 4.69) is 10.1 Å². The zero-order chi connectivity index (χ0) is 32.9. The van der Waals surface area contributed by atoms with E-state index < -0.39 is 11.6 Å². The van der Waals surface area contributed by atoms with E-state index in [1.54, 1.807) is 12.0 Å². The minimum Gasteiger partial charge on any atom is -0.497 e. The summed E-state index contributed by atoms with van der Waals surface area (Å²) in [5, 5.41) is 13.3. The SMILES string of the molecule is COc1ccc(-c2nc(CN3C(=O)[C@@]4(C/C=C/c5ccccc5)N=C(c5ccc(OCCCO)cc5)O[C@H]4c4ccccc43)no2)cc1. The molecule has 4 aromatic carbocycles. The number of carbonyl (C=O) groups is 1. The lowest BCUT2D eigenvalue weighted by atomic mass is 9.79. The van der Waals surface area contributed by atoms with Crippen LogP contribution in [0, 0.1) is 0 Å². The Balaban J connectivity index is 1.24. The Morgan fingerprint density at radius 2 is 1.65 bits per heavy atom. The smallest absolute Gasteiger partial charge is 0.260 e. The Labute approximate surface area is 277 Å². The highest BCUT2D eigenvalue weighted by Crippen LogP contribution is 2.50. The number of aromatic nitrogens is 2. The highest BCUT2D eigenvalue weighted by Gasteiger charge is 2.58. The van der Waals surface area contributed by atoms with Gasteiger partial charge in [-0.1, -0.05) is 65.8 Å². The minimum absolute atomic E-state index is 0.0635. The normalized spacial score (nSPS) is 18.3. The molecule has 1 N–H and O–H groups in total. The van der Waals surface area contributed by atoms with Crippen molar-refractivity contribution in [1.82, 2.24) is 10.1 Å². The van der Waals surface area contributed by atoms with Gasteiger partial charge in [-0.2, -0.15) is 4.98 Å². The van der Waals surface area contributed by atoms with Crippen molar-refractivity contribution in [2.45, 2.75) is 31.0 Å². The molecule has 0 radical (unpaired) electrons. The lowest BCUT2D eigenvalue weighted by Gasteiger charge is -2.40. The topological polar surface area (TPSA) is 120 Å². The minimum atomic E-state index is -1.28. The largest absolute Gasteiger partial charge is 0.497 e. The van der Waals surface area contributed by atoms with Gasteiger partial charge >= 0.3 is 0 Å². The molecule has 242 valence electrons. The van der Waals surface area contributed by atoms with Crippen molar-refractivity contribution in [2.24, 2.45) is 4.99 Å². The van der Waals surface area contributed by atoms with Crippen LogP contribution in [0.1, 0.15) is 41.5 Å². The van der Waals surface area contributed by atoms with Crippen LogP contribution < -0.4 is 14.4 Å². The molecule has 10 nitrogen and oxygen atoms in total. The molecule has 10 heteroatoms. The number of anilines is 1. The second-order valence-corrected chi connectivity index (χ2v) is 11.5. The number of rotatable bonds is 12. The average molecular weight is 643 g/mol. The first-order chi connectivity index (χ1) is 23.6. The van der Waals surface area contributed by atoms with Crippen LogP contribution in [0.2, 0.25) is 0 Å². The molecule has 2 aliphatic rings. The average Bonchev–Trinajstić information content (AvgIpc) is 3.77. The summed E-state index contributed by atoms with van der Waals surface area (Å²) >= 11 is 0. The number of amides is 1. The second kappa shape index (κ2) is 13.5. The fraction of sp³-hybridized carbons (Fsp3) is 0.211. The molecule has 48 heavy (non-hydrogen) atoms. The molecule has 0 fully saturated rings. The Kier molecular flexibility index (Phi) is 8.72. The molecule has 7 rings (SSSR count). The van der Waals surface area contributed by atoms with E-state index in [1.807, 2.05) is 115 Å². The van der Waals surface area contributed by atoms with Gasteiger partial charge < -0.3 is 28.7 Å². The summed E-state index contributed by atoms with van der Waals surface area (Å²) < 4.78 is 23.2. The summed E-state index contributed by atoms with van der Waals surface area (Å²) in [5.41, 5.74) is 2.74. The lowest BCUT2D eigenvalue weighted by Crippen LogP contribution is -2.53. The number of ether oxygens (including phenoxy) is 3. The number of benzene rings is 4. The molecule has 1 aromatic heterocycles. The molecule has 3 heterocycles. The number of fused-ring (bicyclic) bond motifs is 3. The van der Waals surface area contributed by atoms with Gasteiger partial charge in [0.2, 0.25) is 5.90 Å². The Hall–Kier alpha value is -5.74. The number of hydrogen-bond donors (Lipinski definition) is 1. The number of carbonyl (C=O) groups excluding carboxylic acids is 1. The third kappa shape index (κ3) is 6.05. The third-order valence-electron chi connectivity index (χ3n) is 8.41. The number of aliphatic hydroxyl groups is 1. The van der Waals surface area contributed by atoms with Gasteiger partial charge in [-0.25, -0.2) is 4.99 Å². The first-order valence-electron chi connectivity index (χ1n) is 15.8. The van der Waals surface area contributed by atoms with Crippen LogP contribution in [0.3, 0.4) is 0 Å². The first kappa shape index (κ1) is 30.9. The number of nitrogens with zero attached hydrogens (tertiary/aromatic N) is 4. The van der Waals surface area contributed by atoms with Crippen LogP contribution in [-0.2, 0) is 16.1 Å². The first-order valence-corrected chi connectivity index (χ1v) is 15.8. The van der Waals surface area contributed by atoms with Gasteiger partial charge in [-0.3, -0.25) is 4.79 Å². The zero-order valence-electron chi connectivity index (χ0n) is 26.4. The van der Waals surface area contributed by atoms with E-state index >= 15 is 0 Å². The summed E-state index contributed by atoms with van der Waals surface area (Å²) in [6, 6.07) is 32.4. The Morgan fingerprint density at radius 1 is 0.917 bits per heavy atom. The lowest BCUT2D eigenvalue weighted by molar-refractivity contribution is -0.127. The maximum absolute atomic E-state index is 14.8. The molecular formula is C38H34N4O6. The number of methoxy groups -OCH3 is 1. The number of aliphatic hydroxyl groups excluding tert-OH is 1. The van der Waals surface area contributed by atoms with Gasteiger partial charge in [0.05, 0.1) is 25.9 Å². The fourth-order valence-corrected chi connectivity index (χ4v) is 5.98. The van der Waals surface area contributed by atoms with E-state index in [0.717, 1.165) is 28.0 Å². The van der Waals surface area contributed by atoms with Crippen molar-refractivity contribution in [1.29, 1.82) is 0 Å². The molecule has 2 aliphatic heterocycles. The predicted octanol–water partition coefficient (Wildman–Crippen LogP) is 6.41. The van der Waals surface area contributed by atoms with Crippen molar-refractivity contribution < 1.29 is 28.6 Å². The van der Waals surface area contributed by atoms with Crippen LogP contribution in [-0.4, -0.2) is 52.9 Å². The summed E-state index contributed by atoms with van der Waals surface area (Å²) in [5.74, 6) is 2.25. The summed E-state index contributed by atoms with van der Waals surface area (Å²) in [6.07, 6.45) is 4.16. The molecule has 0 saturated carbocycles. The van der Waals surface area contributed by atoms with Crippen molar-refractivity contribution in [3.8, 4) is 23.0 Å². The predicted molar refractivity (Wildman–Crippen MR) is 181 cm³/mol. The Bertz CT molecular complexity index is 1940. The quantitative estimate of drug-likeness (QED) is 0.155. The standard InChI is InChI=1S/C38H34N4O6/c1-45-29-18-14-27(15-19-29)35-39-33(41-48-35)25-42-32-13-6-5-12-31(32)34-38(37(42)44,22-7-11-26-9-3-2-4-10-26)40-36(47-34)28-16-20-30(21-17-28)46-24-8-23-43/h2-7,9-21,34,43H,8,22-25H2,1H3/b11-7+/t34-,38-/m0/s1. The van der Waals surface area contributed by atoms with Gasteiger partial charge in [-0.15, -0.1) is 0 Å². The van der Waals surface area contributed by atoms with Crippen molar-refractivity contribution >= 4 is 23.6 Å². The molecule has 0 bridgehead atoms. The van der Waals surface area contributed by atoms with Gasteiger partial charge in [0.25, 0.3) is 11.8 Å². The highest BCUT2D eigenvalue weighted by atomic mass is 16.5. The molecule has 2 atom stereocenters. The van der Waals surface area contributed by atoms with Gasteiger partial charge in [0, 0.05) is 36.1 Å². The number of para-hydroxylation sites is 1. The second-order valence-electron chi connectivity index (χ2n) is 11.5. The van der Waals surface area contributed by atoms with Crippen LogP contribution >= 0.6 is 0 Å². The van der Waals surface area contributed by atoms with Crippen molar-refractivity contribution in [3.63, 3.8) is 0 Å². The number of aliphatic imine (C=N–C) groups is 1. The highest BCUT2D eigenvalue weighted by molar-refractivity contribution is 6.09. The van der Waals surface area contributed by atoms with E-state index in [4.69, 9.17) is 28.8 Å². The summed E-state index contributed by atoms with van der Waals surface area (Å²) in [6.45, 7) is 0.556. The number of hydrogen-bond acceptors (Lipinski definition) is 9. The van der Waals surface area contributed by atoms with E-state index in [9.17, 15) is 4.79 Å². The van der Waals surface area contributed by atoms with Crippen LogP contribution in [0.15, 0.2) is 119 Å². The molecule has 1 amide bonds. The van der Waals surface area contributed by atoms with Gasteiger partial charge in [0.1, 0.15) is 11.5 Å². The van der Waals surface area contributed by atoms with Crippen molar-refractivity contribution in [2.75, 3.05) is 25.2 Å². The fourth-order valence-electron chi connectivity index (χ4n) is 5.98.